The van der Waals surface area contributed by atoms with Gasteiger partial charge in [-0.05, 0) is 0 Å². The third-order valence-corrected chi connectivity index (χ3v) is 4.13. The lowest BCUT2D eigenvalue weighted by Gasteiger charge is -2.63. The monoisotopic (exact) mass is 198 g/mol. The largest absolute Gasteiger partial charge is 0.348 e. The maximum Gasteiger partial charge on any atom is 0.168 e. The molecule has 3 nitrogen and oxygen atoms in total. The molecule has 4 heterocycles. The third kappa shape index (κ3) is 0.884. The zero-order chi connectivity index (χ0) is 10.1. The zero-order valence-corrected chi connectivity index (χ0v) is 9.24. The molecule has 4 unspecified atom stereocenters. The van der Waals surface area contributed by atoms with Gasteiger partial charge in [0.25, 0.3) is 0 Å². The van der Waals surface area contributed by atoms with Gasteiger partial charge in [-0.2, -0.15) is 0 Å². The van der Waals surface area contributed by atoms with Crippen molar-refractivity contribution >= 4 is 0 Å². The van der Waals surface area contributed by atoms with Gasteiger partial charge < -0.3 is 14.2 Å². The van der Waals surface area contributed by atoms with Gasteiger partial charge in [0.1, 0.15) is 0 Å². The summed E-state index contributed by atoms with van der Waals surface area (Å²) in [6.07, 6.45) is 1.48. The van der Waals surface area contributed by atoms with E-state index < -0.39 is 0 Å². The summed E-state index contributed by atoms with van der Waals surface area (Å²) in [6, 6.07) is 0. The second-order valence-corrected chi connectivity index (χ2v) is 5.93. The highest BCUT2D eigenvalue weighted by atomic mass is 16.8. The van der Waals surface area contributed by atoms with Crippen molar-refractivity contribution < 1.29 is 14.2 Å². The molecule has 4 fully saturated rings. The summed E-state index contributed by atoms with van der Waals surface area (Å²) in [5.74, 6) is 0. The van der Waals surface area contributed by atoms with Gasteiger partial charge in [0.05, 0.1) is 12.2 Å². The average Bonchev–Trinajstić information content (AvgIpc) is 1.98. The highest BCUT2D eigenvalue weighted by Crippen LogP contribution is 2.55. The Kier molecular flexibility index (Phi) is 1.53. The molecular formula is C11H18O3. The van der Waals surface area contributed by atoms with E-state index in [1.165, 1.54) is 0 Å². The lowest BCUT2D eigenvalue weighted by molar-refractivity contribution is -0.470. The number of rotatable bonds is 0. The number of hydrogen-bond acceptors (Lipinski definition) is 3. The third-order valence-electron chi connectivity index (χ3n) is 4.13. The Bertz CT molecular complexity index is 212. The fourth-order valence-electron chi connectivity index (χ4n) is 2.74. The molecule has 0 saturated carbocycles. The van der Waals surface area contributed by atoms with E-state index in [0.29, 0.717) is 12.2 Å². The lowest BCUT2D eigenvalue weighted by Crippen LogP contribution is -2.70. The Labute approximate surface area is 84.7 Å². The van der Waals surface area contributed by atoms with E-state index in [1.807, 2.05) is 0 Å². The maximum atomic E-state index is 5.95. The summed E-state index contributed by atoms with van der Waals surface area (Å²) < 4.78 is 17.7. The van der Waals surface area contributed by atoms with Crippen molar-refractivity contribution in [3.63, 3.8) is 0 Å². The average molecular weight is 198 g/mol. The molecular weight excluding hydrogens is 180 g/mol. The van der Waals surface area contributed by atoms with Gasteiger partial charge >= 0.3 is 0 Å². The molecule has 14 heavy (non-hydrogen) atoms. The molecule has 4 atom stereocenters. The van der Waals surface area contributed by atoms with Crippen molar-refractivity contribution in [3.05, 3.63) is 0 Å². The molecule has 0 aromatic heterocycles. The fourth-order valence-corrected chi connectivity index (χ4v) is 2.74. The van der Waals surface area contributed by atoms with Crippen LogP contribution in [0.2, 0.25) is 0 Å². The molecule has 0 aliphatic carbocycles. The highest BCUT2D eigenvalue weighted by molar-refractivity contribution is 5.03. The summed E-state index contributed by atoms with van der Waals surface area (Å²) in [6.45, 7) is 8.64. The first kappa shape index (κ1) is 9.13. The minimum Gasteiger partial charge on any atom is -0.348 e. The van der Waals surface area contributed by atoms with Gasteiger partial charge in [-0.15, -0.1) is 0 Å². The van der Waals surface area contributed by atoms with E-state index in [4.69, 9.17) is 14.2 Å². The van der Waals surface area contributed by atoms with Crippen LogP contribution in [0, 0.1) is 10.8 Å². The SMILES string of the molecule is CC1(C)C2CC3OC1OC(O2)C3(C)C. The smallest absolute Gasteiger partial charge is 0.168 e. The van der Waals surface area contributed by atoms with Crippen molar-refractivity contribution in [3.8, 4) is 0 Å². The second kappa shape index (κ2) is 2.34. The maximum absolute atomic E-state index is 5.95. The van der Waals surface area contributed by atoms with Crippen molar-refractivity contribution in [2.45, 2.75) is 58.9 Å². The van der Waals surface area contributed by atoms with Crippen LogP contribution in [0.4, 0.5) is 0 Å². The van der Waals surface area contributed by atoms with Crippen molar-refractivity contribution in [1.82, 2.24) is 0 Å². The lowest BCUT2D eigenvalue weighted by atomic mass is 9.69. The van der Waals surface area contributed by atoms with Gasteiger partial charge in [0.15, 0.2) is 12.6 Å². The molecule has 0 radical (unpaired) electrons. The summed E-state index contributed by atoms with van der Waals surface area (Å²) >= 11 is 0. The van der Waals surface area contributed by atoms with Gasteiger partial charge in [0.2, 0.25) is 0 Å². The van der Waals surface area contributed by atoms with Crippen molar-refractivity contribution in [2.75, 3.05) is 0 Å². The molecule has 80 valence electrons. The molecule has 0 N–H and O–H groups in total. The Morgan fingerprint density at radius 1 is 0.786 bits per heavy atom. The molecule has 0 amide bonds. The predicted octanol–water partition coefficient (Wildman–Crippen LogP) is 1.91. The zero-order valence-electron chi connectivity index (χ0n) is 9.24. The standard InChI is InChI=1S/C11H18O3/c1-10(2)6-5-7-11(3,4)9(12-6)14-8(10)13-7/h6-9H,5H2,1-4H3. The molecule has 0 aromatic carbocycles. The van der Waals surface area contributed by atoms with Crippen LogP contribution in [0.25, 0.3) is 0 Å². The molecule has 3 heteroatoms. The summed E-state index contributed by atoms with van der Waals surface area (Å²) in [5, 5.41) is 0. The quantitative estimate of drug-likeness (QED) is 0.595. The molecule has 0 aromatic rings. The van der Waals surface area contributed by atoms with Gasteiger partial charge in [-0.25, -0.2) is 0 Å². The second-order valence-electron chi connectivity index (χ2n) is 5.93. The van der Waals surface area contributed by atoms with E-state index in [1.54, 1.807) is 0 Å². The Morgan fingerprint density at radius 3 is 1.57 bits per heavy atom. The van der Waals surface area contributed by atoms with Crippen molar-refractivity contribution in [1.29, 1.82) is 0 Å². The molecule has 4 saturated heterocycles. The van der Waals surface area contributed by atoms with E-state index in [-0.39, 0.29) is 23.4 Å². The minimum atomic E-state index is -0.0713. The van der Waals surface area contributed by atoms with Crippen LogP contribution < -0.4 is 0 Å². The molecule has 4 rings (SSSR count). The molecule has 4 aliphatic heterocycles. The summed E-state index contributed by atoms with van der Waals surface area (Å²) in [5.41, 5.74) is 0.00694. The topological polar surface area (TPSA) is 27.7 Å². The fraction of sp³-hybridized carbons (Fsp3) is 1.00. The van der Waals surface area contributed by atoms with Crippen LogP contribution in [0.5, 0.6) is 0 Å². The summed E-state index contributed by atoms with van der Waals surface area (Å²) in [4.78, 5) is 0. The van der Waals surface area contributed by atoms with Gasteiger partial charge in [-0.1, -0.05) is 27.7 Å². The normalized spacial score (nSPS) is 52.3. The van der Waals surface area contributed by atoms with E-state index >= 15 is 0 Å². The van der Waals surface area contributed by atoms with Gasteiger partial charge in [-0.3, -0.25) is 0 Å². The Hall–Kier alpha value is -0.120. The molecule has 4 aliphatic rings. The van der Waals surface area contributed by atoms with E-state index in [2.05, 4.69) is 27.7 Å². The predicted molar refractivity (Wildman–Crippen MR) is 50.6 cm³/mol. The first-order chi connectivity index (χ1) is 6.42. The van der Waals surface area contributed by atoms with Crippen LogP contribution in [0.3, 0.4) is 0 Å². The van der Waals surface area contributed by atoms with Crippen LogP contribution in [0.15, 0.2) is 0 Å². The van der Waals surface area contributed by atoms with Crippen LogP contribution in [0.1, 0.15) is 34.1 Å². The molecule has 0 spiro atoms. The Morgan fingerprint density at radius 2 is 1.21 bits per heavy atom. The number of ether oxygens (including phenoxy) is 3. The van der Waals surface area contributed by atoms with Crippen LogP contribution in [-0.2, 0) is 14.2 Å². The number of hydrogen-bond donors (Lipinski definition) is 0. The first-order valence-corrected chi connectivity index (χ1v) is 5.39. The summed E-state index contributed by atoms with van der Waals surface area (Å²) in [7, 11) is 0. The minimum absolute atomic E-state index is 0.00347. The van der Waals surface area contributed by atoms with Crippen LogP contribution in [-0.4, -0.2) is 24.8 Å². The van der Waals surface area contributed by atoms with Crippen LogP contribution >= 0.6 is 0 Å². The van der Waals surface area contributed by atoms with Crippen molar-refractivity contribution in [2.24, 2.45) is 10.8 Å². The van der Waals surface area contributed by atoms with E-state index in [0.717, 1.165) is 6.42 Å². The molecule has 4 bridgehead atoms. The highest BCUT2D eigenvalue weighted by Gasteiger charge is 2.62. The Balaban J connectivity index is 1.98. The first-order valence-electron chi connectivity index (χ1n) is 5.39. The van der Waals surface area contributed by atoms with Gasteiger partial charge in [0, 0.05) is 17.3 Å². The van der Waals surface area contributed by atoms with E-state index in [9.17, 15) is 0 Å².